The van der Waals surface area contributed by atoms with Crippen LogP contribution in [0.2, 0.25) is 0 Å². The Morgan fingerprint density at radius 1 is 1.37 bits per heavy atom. The molecule has 2 rings (SSSR count). The van der Waals surface area contributed by atoms with Gasteiger partial charge in [0, 0.05) is 39.6 Å². The average molecular weight is 297 g/mol. The van der Waals surface area contributed by atoms with Crippen LogP contribution < -0.4 is 4.90 Å². The number of rotatable bonds is 3. The minimum Gasteiger partial charge on any atom is -0.388 e. The standard InChI is InChI=1S/C10H14F3N3O2S/c1-16(6-9(17)2-4-18-5-3-9)8-15-14-7(19-8)10(11,12)13/h17H,2-6H2,1H3. The van der Waals surface area contributed by atoms with E-state index in [1.165, 1.54) is 4.90 Å². The van der Waals surface area contributed by atoms with E-state index < -0.39 is 16.8 Å². The van der Waals surface area contributed by atoms with Gasteiger partial charge >= 0.3 is 6.18 Å². The van der Waals surface area contributed by atoms with Gasteiger partial charge in [-0.25, -0.2) is 0 Å². The number of likely N-dealkylation sites (N-methyl/N-ethyl adjacent to an activating group) is 1. The first-order valence-electron chi connectivity index (χ1n) is 5.72. The van der Waals surface area contributed by atoms with Gasteiger partial charge in [-0.15, -0.1) is 10.2 Å². The van der Waals surface area contributed by atoms with E-state index in [-0.39, 0.29) is 11.7 Å². The summed E-state index contributed by atoms with van der Waals surface area (Å²) in [6.07, 6.45) is -3.56. The van der Waals surface area contributed by atoms with Gasteiger partial charge in [-0.2, -0.15) is 13.2 Å². The molecule has 1 aromatic rings. The van der Waals surface area contributed by atoms with Crippen molar-refractivity contribution in [2.75, 3.05) is 31.7 Å². The van der Waals surface area contributed by atoms with Crippen LogP contribution in [0.1, 0.15) is 17.8 Å². The summed E-state index contributed by atoms with van der Waals surface area (Å²) in [4.78, 5) is 1.50. The van der Waals surface area contributed by atoms with Crippen LogP contribution in [0.25, 0.3) is 0 Å². The van der Waals surface area contributed by atoms with E-state index in [2.05, 4.69) is 10.2 Å². The Hall–Kier alpha value is -0.930. The highest BCUT2D eigenvalue weighted by Crippen LogP contribution is 2.34. The lowest BCUT2D eigenvalue weighted by atomic mass is 9.94. The number of hydrogen-bond donors (Lipinski definition) is 1. The maximum absolute atomic E-state index is 12.4. The molecule has 0 aromatic carbocycles. The van der Waals surface area contributed by atoms with Gasteiger partial charge in [0.1, 0.15) is 0 Å². The van der Waals surface area contributed by atoms with Crippen LogP contribution in [0.15, 0.2) is 0 Å². The molecular formula is C10H14F3N3O2S. The molecule has 0 spiro atoms. The van der Waals surface area contributed by atoms with Gasteiger partial charge in [0.05, 0.1) is 5.60 Å². The molecule has 1 aliphatic rings. The van der Waals surface area contributed by atoms with Gasteiger partial charge in [-0.05, 0) is 0 Å². The van der Waals surface area contributed by atoms with Gasteiger partial charge < -0.3 is 14.7 Å². The Morgan fingerprint density at radius 2 is 2.00 bits per heavy atom. The van der Waals surface area contributed by atoms with Gasteiger partial charge in [-0.1, -0.05) is 11.3 Å². The number of ether oxygens (including phenoxy) is 1. The number of halogens is 3. The van der Waals surface area contributed by atoms with Crippen molar-refractivity contribution in [2.45, 2.75) is 24.6 Å². The molecule has 0 unspecified atom stereocenters. The summed E-state index contributed by atoms with van der Waals surface area (Å²) in [5.74, 6) is 0. The Morgan fingerprint density at radius 3 is 2.53 bits per heavy atom. The van der Waals surface area contributed by atoms with Crippen molar-refractivity contribution in [3.8, 4) is 0 Å². The normalized spacial score (nSPS) is 19.4. The molecule has 0 aliphatic carbocycles. The fourth-order valence-corrected chi connectivity index (χ4v) is 2.58. The molecule has 0 saturated carbocycles. The van der Waals surface area contributed by atoms with Crippen LogP contribution in [-0.2, 0) is 10.9 Å². The third-order valence-electron chi connectivity index (χ3n) is 2.94. The molecule has 0 atom stereocenters. The Balaban J connectivity index is 2.03. The van der Waals surface area contributed by atoms with Crippen LogP contribution in [0.5, 0.6) is 0 Å². The van der Waals surface area contributed by atoms with Crippen molar-refractivity contribution in [1.82, 2.24) is 10.2 Å². The zero-order valence-electron chi connectivity index (χ0n) is 10.3. The third-order valence-corrected chi connectivity index (χ3v) is 4.02. The van der Waals surface area contributed by atoms with E-state index in [1.807, 2.05) is 0 Å². The molecule has 108 valence electrons. The summed E-state index contributed by atoms with van der Waals surface area (Å²) in [5.41, 5.74) is -0.947. The summed E-state index contributed by atoms with van der Waals surface area (Å²) in [6.45, 7) is 1.12. The zero-order chi connectivity index (χ0) is 14.1. The zero-order valence-corrected chi connectivity index (χ0v) is 11.1. The minimum atomic E-state index is -4.48. The monoisotopic (exact) mass is 297 g/mol. The lowest BCUT2D eigenvalue weighted by Gasteiger charge is -2.35. The SMILES string of the molecule is CN(CC1(O)CCOCC1)c1nnc(C(F)(F)F)s1. The summed E-state index contributed by atoms with van der Waals surface area (Å²) < 4.78 is 42.4. The molecule has 9 heteroatoms. The second-order valence-electron chi connectivity index (χ2n) is 4.58. The molecule has 2 heterocycles. The second-order valence-corrected chi connectivity index (χ2v) is 5.54. The van der Waals surface area contributed by atoms with Gasteiger partial charge in [0.25, 0.3) is 0 Å². The van der Waals surface area contributed by atoms with E-state index in [4.69, 9.17) is 4.74 Å². The number of alkyl halides is 3. The molecule has 1 aliphatic heterocycles. The van der Waals surface area contributed by atoms with Gasteiger partial charge in [-0.3, -0.25) is 0 Å². The number of hydrogen-bond acceptors (Lipinski definition) is 6. The van der Waals surface area contributed by atoms with Crippen LogP contribution >= 0.6 is 11.3 Å². The molecular weight excluding hydrogens is 283 g/mol. The molecule has 1 fully saturated rings. The van der Waals surface area contributed by atoms with Gasteiger partial charge in [0.15, 0.2) is 0 Å². The summed E-state index contributed by atoms with van der Waals surface area (Å²) in [5, 5.41) is 16.1. The largest absolute Gasteiger partial charge is 0.445 e. The Labute approximate surface area is 112 Å². The number of aliphatic hydroxyl groups is 1. The summed E-state index contributed by atoms with van der Waals surface area (Å²) in [6, 6.07) is 0. The maximum atomic E-state index is 12.4. The highest BCUT2D eigenvalue weighted by atomic mass is 32.1. The second kappa shape index (κ2) is 5.22. The molecule has 0 amide bonds. The van der Waals surface area contributed by atoms with Crippen LogP contribution in [0.4, 0.5) is 18.3 Å². The van der Waals surface area contributed by atoms with E-state index in [0.29, 0.717) is 37.4 Å². The van der Waals surface area contributed by atoms with Crippen molar-refractivity contribution >= 4 is 16.5 Å². The quantitative estimate of drug-likeness (QED) is 0.917. The average Bonchev–Trinajstić information content (AvgIpc) is 2.78. The van der Waals surface area contributed by atoms with Crippen LogP contribution in [0, 0.1) is 0 Å². The predicted octanol–water partition coefficient (Wildman–Crippen LogP) is 1.53. The molecule has 1 saturated heterocycles. The summed E-state index contributed by atoms with van der Waals surface area (Å²) >= 11 is 0.472. The lowest BCUT2D eigenvalue weighted by molar-refractivity contribution is -0.138. The van der Waals surface area contributed by atoms with Crippen LogP contribution in [0.3, 0.4) is 0 Å². The maximum Gasteiger partial charge on any atom is 0.445 e. The number of aromatic nitrogens is 2. The lowest BCUT2D eigenvalue weighted by Crippen LogP contribution is -2.45. The van der Waals surface area contributed by atoms with Crippen LogP contribution in [-0.4, -0.2) is 47.7 Å². The predicted molar refractivity (Wildman–Crippen MR) is 63.2 cm³/mol. The first-order valence-corrected chi connectivity index (χ1v) is 6.54. The van der Waals surface area contributed by atoms with Crippen molar-refractivity contribution in [3.05, 3.63) is 5.01 Å². The first-order chi connectivity index (χ1) is 8.80. The number of nitrogens with zero attached hydrogens (tertiary/aromatic N) is 3. The highest BCUT2D eigenvalue weighted by Gasteiger charge is 2.37. The Bertz CT molecular complexity index is 432. The smallest absolute Gasteiger partial charge is 0.388 e. The topological polar surface area (TPSA) is 58.5 Å². The minimum absolute atomic E-state index is 0.146. The first kappa shape index (κ1) is 14.5. The highest BCUT2D eigenvalue weighted by molar-refractivity contribution is 7.15. The molecule has 5 nitrogen and oxygen atoms in total. The van der Waals surface area contributed by atoms with E-state index in [9.17, 15) is 18.3 Å². The fraction of sp³-hybridized carbons (Fsp3) is 0.800. The van der Waals surface area contributed by atoms with Crippen molar-refractivity contribution in [1.29, 1.82) is 0 Å². The molecule has 0 radical (unpaired) electrons. The molecule has 0 bridgehead atoms. The van der Waals surface area contributed by atoms with E-state index >= 15 is 0 Å². The third kappa shape index (κ3) is 3.54. The molecule has 1 N–H and O–H groups in total. The van der Waals surface area contributed by atoms with Crippen molar-refractivity contribution in [2.24, 2.45) is 0 Å². The Kier molecular flexibility index (Phi) is 3.98. The van der Waals surface area contributed by atoms with Gasteiger partial charge in [0.2, 0.25) is 10.1 Å². The summed E-state index contributed by atoms with van der Waals surface area (Å²) in [7, 11) is 1.59. The van der Waals surface area contributed by atoms with Crippen molar-refractivity contribution < 1.29 is 23.0 Å². The van der Waals surface area contributed by atoms with E-state index in [0.717, 1.165) is 0 Å². The van der Waals surface area contributed by atoms with E-state index in [1.54, 1.807) is 7.05 Å². The molecule has 1 aromatic heterocycles. The fourth-order valence-electron chi connectivity index (χ4n) is 1.90. The number of anilines is 1. The molecule has 19 heavy (non-hydrogen) atoms. The van der Waals surface area contributed by atoms with Crippen molar-refractivity contribution in [3.63, 3.8) is 0 Å².